The molecule has 5 rings (SSSR count). The normalized spacial score (nSPS) is 17.6. The van der Waals surface area contributed by atoms with Crippen molar-refractivity contribution in [2.45, 2.75) is 39.0 Å². The van der Waals surface area contributed by atoms with Gasteiger partial charge in [0, 0.05) is 55.4 Å². The predicted molar refractivity (Wildman–Crippen MR) is 176 cm³/mol. The predicted octanol–water partition coefficient (Wildman–Crippen LogP) is 6.02. The minimum Gasteiger partial charge on any atom is -0.488 e. The van der Waals surface area contributed by atoms with Crippen LogP contribution in [0.2, 0.25) is 10.0 Å². The highest BCUT2D eigenvalue weighted by Gasteiger charge is 2.33. The Morgan fingerprint density at radius 2 is 1.91 bits per heavy atom. The summed E-state index contributed by atoms with van der Waals surface area (Å²) in [6.07, 6.45) is 1.91. The highest BCUT2D eigenvalue weighted by atomic mass is 35.5. The molecule has 1 aromatic heterocycles. The molecular weight excluding hydrogens is 599 g/mol. The van der Waals surface area contributed by atoms with Gasteiger partial charge in [-0.05, 0) is 61.5 Å². The number of aliphatic hydroxyl groups excluding tert-OH is 1. The molecule has 0 aliphatic carbocycles. The Bertz CT molecular complexity index is 1670. The van der Waals surface area contributed by atoms with E-state index in [2.05, 4.69) is 17.1 Å². The van der Waals surface area contributed by atoms with Crippen molar-refractivity contribution in [1.29, 1.82) is 0 Å². The van der Waals surface area contributed by atoms with Crippen LogP contribution in [0.5, 0.6) is 5.75 Å². The molecule has 0 unspecified atom stereocenters. The van der Waals surface area contributed by atoms with Gasteiger partial charge in [0.2, 0.25) is 5.91 Å². The van der Waals surface area contributed by atoms with Crippen molar-refractivity contribution in [3.05, 3.63) is 93.6 Å². The van der Waals surface area contributed by atoms with Crippen LogP contribution in [0.3, 0.4) is 0 Å². The van der Waals surface area contributed by atoms with E-state index in [1.165, 1.54) is 0 Å². The van der Waals surface area contributed by atoms with Crippen LogP contribution in [0.1, 0.15) is 35.3 Å². The largest absolute Gasteiger partial charge is 0.488 e. The summed E-state index contributed by atoms with van der Waals surface area (Å²) in [5, 5.41) is 15.0. The number of hydrogen-bond acceptors (Lipinski definition) is 5. The number of amides is 2. The zero-order valence-electron chi connectivity index (χ0n) is 25.4. The maximum Gasteiger partial charge on any atom is 0.258 e. The Hall–Kier alpha value is -3.56. The van der Waals surface area contributed by atoms with Crippen molar-refractivity contribution in [2.24, 2.45) is 13.0 Å². The second-order valence-corrected chi connectivity index (χ2v) is 12.6. The van der Waals surface area contributed by atoms with Crippen LogP contribution in [0.4, 0.5) is 5.69 Å². The molecule has 2 N–H and O–H groups in total. The molecule has 0 fully saturated rings. The third-order valence-corrected chi connectivity index (χ3v) is 8.95. The lowest BCUT2D eigenvalue weighted by Crippen LogP contribution is -2.49. The number of aliphatic hydroxyl groups is 1. The van der Waals surface area contributed by atoms with Crippen LogP contribution in [-0.4, -0.2) is 70.2 Å². The Morgan fingerprint density at radius 3 is 2.66 bits per heavy atom. The summed E-state index contributed by atoms with van der Waals surface area (Å²) < 4.78 is 8.53. The molecule has 0 saturated carbocycles. The van der Waals surface area contributed by atoms with Gasteiger partial charge in [-0.1, -0.05) is 54.4 Å². The number of nitrogens with one attached hydrogen (secondary N) is 1. The monoisotopic (exact) mass is 636 g/mol. The topological polar surface area (TPSA) is 87.0 Å². The second-order valence-electron chi connectivity index (χ2n) is 11.8. The van der Waals surface area contributed by atoms with Gasteiger partial charge in [0.15, 0.2) is 0 Å². The van der Waals surface area contributed by atoms with E-state index in [4.69, 9.17) is 27.9 Å². The maximum absolute atomic E-state index is 13.8. The van der Waals surface area contributed by atoms with Crippen LogP contribution in [0.15, 0.2) is 66.9 Å². The zero-order valence-corrected chi connectivity index (χ0v) is 26.9. The van der Waals surface area contributed by atoms with Gasteiger partial charge in [-0.15, -0.1) is 0 Å². The molecule has 0 saturated heterocycles. The van der Waals surface area contributed by atoms with Crippen molar-refractivity contribution < 1.29 is 19.4 Å². The average molecular weight is 638 g/mol. The number of carbonyl (C=O) groups is 2. The first-order valence-electron chi connectivity index (χ1n) is 14.7. The summed E-state index contributed by atoms with van der Waals surface area (Å²) in [5.41, 5.74) is 3.86. The number of aromatic nitrogens is 1. The Labute approximate surface area is 268 Å². The molecule has 0 spiro atoms. The highest BCUT2D eigenvalue weighted by molar-refractivity contribution is 6.42. The van der Waals surface area contributed by atoms with Gasteiger partial charge in [0.05, 0.1) is 34.7 Å². The molecule has 1 aliphatic heterocycles. The SMILES string of the molecule is C[C@H](CO)N1C[C@H](C)[C@@H](CN(C)Cc2ccc(Cl)c(Cl)c2)Oc2ccc(NC(=O)Cc3cn(C)c4ccccc34)cc2C1=O. The van der Waals surface area contributed by atoms with E-state index in [9.17, 15) is 14.7 Å². The summed E-state index contributed by atoms with van der Waals surface area (Å²) in [6, 6.07) is 18.3. The number of anilines is 1. The molecule has 4 aromatic rings. The van der Waals surface area contributed by atoms with Crippen molar-refractivity contribution in [3.63, 3.8) is 0 Å². The smallest absolute Gasteiger partial charge is 0.258 e. The molecule has 44 heavy (non-hydrogen) atoms. The second kappa shape index (κ2) is 13.6. The number of nitrogens with zero attached hydrogens (tertiary/aromatic N) is 3. The summed E-state index contributed by atoms with van der Waals surface area (Å²) in [7, 11) is 3.97. The van der Waals surface area contributed by atoms with Gasteiger partial charge < -0.3 is 24.6 Å². The standard InChI is InChI=1S/C34H38Cl2N4O4/c1-21-16-40(22(2)20-41)34(43)27-15-25(37-33(42)14-24-18-39(4)30-8-6-5-7-26(24)30)10-12-31(27)44-32(21)19-38(3)17-23-9-11-28(35)29(36)13-23/h5-13,15,18,21-22,32,41H,14,16-17,19-20H2,1-4H3,(H,37,42)/t21-,22+,32+/m0/s1. The van der Waals surface area contributed by atoms with Crippen LogP contribution < -0.4 is 10.1 Å². The van der Waals surface area contributed by atoms with Crippen molar-refractivity contribution in [1.82, 2.24) is 14.4 Å². The van der Waals surface area contributed by atoms with Crippen LogP contribution >= 0.6 is 23.2 Å². The quantitative estimate of drug-likeness (QED) is 0.235. The van der Waals surface area contributed by atoms with E-state index < -0.39 is 6.04 Å². The van der Waals surface area contributed by atoms with Gasteiger partial charge >= 0.3 is 0 Å². The fourth-order valence-electron chi connectivity index (χ4n) is 5.78. The van der Waals surface area contributed by atoms with Crippen molar-refractivity contribution >= 4 is 51.6 Å². The molecule has 3 aromatic carbocycles. The van der Waals surface area contributed by atoms with Gasteiger partial charge in [-0.3, -0.25) is 14.5 Å². The number of halogens is 2. The Morgan fingerprint density at radius 1 is 1.14 bits per heavy atom. The number of fused-ring (bicyclic) bond motifs is 2. The number of ether oxygens (including phenoxy) is 1. The van der Waals surface area contributed by atoms with E-state index >= 15 is 0 Å². The van der Waals surface area contributed by atoms with E-state index in [0.717, 1.165) is 22.0 Å². The first kappa shape index (κ1) is 31.9. The van der Waals surface area contributed by atoms with Gasteiger partial charge in [0.25, 0.3) is 5.91 Å². The summed E-state index contributed by atoms with van der Waals surface area (Å²) >= 11 is 12.3. The van der Waals surface area contributed by atoms with Crippen LogP contribution in [0.25, 0.3) is 10.9 Å². The molecule has 0 bridgehead atoms. The fourth-order valence-corrected chi connectivity index (χ4v) is 6.10. The molecule has 2 amide bonds. The first-order chi connectivity index (χ1) is 21.0. The number of hydrogen-bond donors (Lipinski definition) is 2. The number of carbonyl (C=O) groups excluding carboxylic acids is 2. The number of aryl methyl sites for hydroxylation is 1. The van der Waals surface area contributed by atoms with Crippen LogP contribution in [-0.2, 0) is 24.8 Å². The minimum absolute atomic E-state index is 0.0302. The van der Waals surface area contributed by atoms with E-state index in [-0.39, 0.29) is 36.9 Å². The number of rotatable bonds is 9. The van der Waals surface area contributed by atoms with E-state index in [1.807, 2.05) is 68.2 Å². The Balaban J connectivity index is 1.37. The maximum atomic E-state index is 13.8. The first-order valence-corrected chi connectivity index (χ1v) is 15.5. The molecule has 0 radical (unpaired) electrons. The molecule has 8 nitrogen and oxygen atoms in total. The average Bonchev–Trinajstić information content (AvgIpc) is 3.31. The molecule has 2 heterocycles. The summed E-state index contributed by atoms with van der Waals surface area (Å²) in [6.45, 7) is 5.33. The number of benzene rings is 3. The van der Waals surface area contributed by atoms with E-state index in [0.29, 0.717) is 46.7 Å². The summed E-state index contributed by atoms with van der Waals surface area (Å²) in [4.78, 5) is 30.8. The Kier molecular flexibility index (Phi) is 9.85. The highest BCUT2D eigenvalue weighted by Crippen LogP contribution is 2.31. The lowest BCUT2D eigenvalue weighted by atomic mass is 9.99. The molecule has 1 aliphatic rings. The molecular formula is C34H38Cl2N4O4. The van der Waals surface area contributed by atoms with Gasteiger partial charge in [-0.25, -0.2) is 0 Å². The van der Waals surface area contributed by atoms with E-state index in [1.54, 1.807) is 29.2 Å². The van der Waals surface area contributed by atoms with Crippen molar-refractivity contribution in [3.8, 4) is 5.75 Å². The molecule has 232 valence electrons. The molecule has 3 atom stereocenters. The molecule has 10 heteroatoms. The lowest BCUT2D eigenvalue weighted by molar-refractivity contribution is -0.115. The minimum atomic E-state index is -0.393. The lowest BCUT2D eigenvalue weighted by Gasteiger charge is -2.38. The zero-order chi connectivity index (χ0) is 31.5. The number of likely N-dealkylation sites (N-methyl/N-ethyl adjacent to an activating group) is 1. The third-order valence-electron chi connectivity index (χ3n) is 8.21. The van der Waals surface area contributed by atoms with Crippen molar-refractivity contribution in [2.75, 3.05) is 32.1 Å². The number of para-hydroxylation sites is 1. The van der Waals surface area contributed by atoms with Crippen LogP contribution in [0, 0.1) is 5.92 Å². The third kappa shape index (κ3) is 7.05. The van der Waals surface area contributed by atoms with Gasteiger partial charge in [-0.2, -0.15) is 0 Å². The fraction of sp³-hybridized carbons (Fsp3) is 0.353. The summed E-state index contributed by atoms with van der Waals surface area (Å²) in [5.74, 6) is -0.0215. The van der Waals surface area contributed by atoms with Gasteiger partial charge in [0.1, 0.15) is 11.9 Å².